The molecule has 0 spiro atoms. The topological polar surface area (TPSA) is 117 Å². The first-order valence-corrected chi connectivity index (χ1v) is 12.6. The lowest BCUT2D eigenvalue weighted by Gasteiger charge is -2.23. The predicted molar refractivity (Wildman–Crippen MR) is 123 cm³/mol. The highest BCUT2D eigenvalue weighted by Gasteiger charge is 2.34. The molecule has 2 aromatic carbocycles. The van der Waals surface area contributed by atoms with Crippen LogP contribution in [0.15, 0.2) is 53.4 Å². The van der Waals surface area contributed by atoms with E-state index < -0.39 is 24.7 Å². The summed E-state index contributed by atoms with van der Waals surface area (Å²) >= 11 is 1.69. The van der Waals surface area contributed by atoms with Crippen molar-refractivity contribution in [3.8, 4) is 11.5 Å². The number of benzene rings is 2. The molecule has 1 N–H and O–H groups in total. The summed E-state index contributed by atoms with van der Waals surface area (Å²) in [6.45, 7) is 6.97. The maximum absolute atomic E-state index is 13.5. The van der Waals surface area contributed by atoms with Gasteiger partial charge in [-0.25, -0.2) is 4.57 Å². The number of nitro benzene ring substituents is 1. The molecule has 0 fully saturated rings. The fraction of sp³-hybridized carbons (Fsp3) is 0.381. The van der Waals surface area contributed by atoms with E-state index >= 15 is 0 Å². The number of hydrogen-bond donors (Lipinski definition) is 1. The normalized spacial score (nSPS) is 13.8. The molecule has 0 saturated heterocycles. The first-order valence-electron chi connectivity index (χ1n) is 10.1. The molecule has 0 aliphatic carbocycles. The lowest BCUT2D eigenvalue weighted by atomic mass is 10.3. The van der Waals surface area contributed by atoms with Gasteiger partial charge < -0.3 is 13.8 Å². The number of carbonyl (C=O) groups is 1. The Bertz CT molecular complexity index is 952. The maximum Gasteiger partial charge on any atom is 0.513 e. The molecule has 0 aliphatic heterocycles. The first kappa shape index (κ1) is 25.7. The summed E-state index contributed by atoms with van der Waals surface area (Å²) in [6.07, 6.45) is 0.686. The van der Waals surface area contributed by atoms with E-state index in [-0.39, 0.29) is 23.3 Å². The molecule has 0 heterocycles. The molecule has 11 heteroatoms. The second-order valence-electron chi connectivity index (χ2n) is 7.09. The summed E-state index contributed by atoms with van der Waals surface area (Å²) in [4.78, 5) is 23.5. The number of carbonyl (C=O) groups excluding carboxylic acids is 1. The third-order valence-electron chi connectivity index (χ3n) is 3.85. The Labute approximate surface area is 191 Å². The number of nitrogens with one attached hydrogen (secondary N) is 1. The zero-order valence-corrected chi connectivity index (χ0v) is 20.1. The molecule has 0 bridgehead atoms. The Morgan fingerprint density at radius 3 is 2.06 bits per heavy atom. The molecule has 0 radical (unpaired) electrons. The Hall–Kier alpha value is -2.55. The van der Waals surface area contributed by atoms with E-state index in [0.717, 1.165) is 17.1 Å². The van der Waals surface area contributed by atoms with Crippen LogP contribution in [0.2, 0.25) is 0 Å². The maximum atomic E-state index is 13.5. The zero-order chi connectivity index (χ0) is 23.7. The first-order chi connectivity index (χ1) is 15.1. The van der Waals surface area contributed by atoms with E-state index in [1.54, 1.807) is 37.7 Å². The molecule has 174 valence electrons. The molecule has 0 amide bonds. The van der Waals surface area contributed by atoms with Crippen molar-refractivity contribution in [3.05, 3.63) is 58.6 Å². The van der Waals surface area contributed by atoms with Crippen LogP contribution in [0, 0.1) is 10.1 Å². The Morgan fingerprint density at radius 1 is 1.06 bits per heavy atom. The van der Waals surface area contributed by atoms with Crippen LogP contribution in [-0.4, -0.2) is 28.8 Å². The van der Waals surface area contributed by atoms with Crippen molar-refractivity contribution in [2.75, 3.05) is 5.75 Å². The summed E-state index contributed by atoms with van der Waals surface area (Å²) in [5.41, 5.74) is -0.143. The van der Waals surface area contributed by atoms with Crippen LogP contribution >= 0.6 is 19.5 Å². The quantitative estimate of drug-likeness (QED) is 0.136. The van der Waals surface area contributed by atoms with Crippen molar-refractivity contribution in [2.24, 2.45) is 0 Å². The van der Waals surface area contributed by atoms with E-state index in [4.69, 9.17) is 13.8 Å². The van der Waals surface area contributed by atoms with Crippen molar-refractivity contribution in [3.63, 3.8) is 0 Å². The van der Waals surface area contributed by atoms with Gasteiger partial charge >= 0.3 is 13.7 Å². The van der Waals surface area contributed by atoms with Crippen LogP contribution in [0.4, 0.5) is 5.69 Å². The predicted octanol–water partition coefficient (Wildman–Crippen LogP) is 5.59. The summed E-state index contributed by atoms with van der Waals surface area (Å²) in [6, 6.07) is 11.0. The lowest BCUT2D eigenvalue weighted by molar-refractivity contribution is -0.384. The van der Waals surface area contributed by atoms with Gasteiger partial charge in [0.25, 0.3) is 5.69 Å². The highest BCUT2D eigenvalue weighted by atomic mass is 32.2. The molecule has 2 aromatic rings. The van der Waals surface area contributed by atoms with Crippen LogP contribution in [0.3, 0.4) is 0 Å². The van der Waals surface area contributed by atoms with E-state index in [1.807, 2.05) is 12.1 Å². The third-order valence-corrected chi connectivity index (χ3v) is 6.68. The van der Waals surface area contributed by atoms with Crippen LogP contribution in [0.5, 0.6) is 11.5 Å². The molecular formula is C21H27N2O7PS. The molecule has 0 saturated carbocycles. The SMILES string of the molecule is CCCSc1ccc(OP(=O)(N[C@@H](C)C(=O)OC(C)C)Oc2ccc([N+](=O)[O-])cc2)cc1. The van der Waals surface area contributed by atoms with Gasteiger partial charge in [-0.3, -0.25) is 14.9 Å². The standard InChI is InChI=1S/C21H27N2O7PS/c1-5-14-32-20-12-10-19(11-13-20)30-31(27,22-16(4)21(24)28-15(2)3)29-18-8-6-17(7-9-18)23(25)26/h6-13,15-16H,5,14H2,1-4H3,(H,22,27)/t16-,31?/m0/s1. The average Bonchev–Trinajstić information content (AvgIpc) is 2.73. The van der Waals surface area contributed by atoms with Crippen LogP contribution in [0.1, 0.15) is 34.1 Å². The van der Waals surface area contributed by atoms with Gasteiger partial charge in [0.15, 0.2) is 0 Å². The average molecular weight is 482 g/mol. The minimum absolute atomic E-state index is 0.0750. The van der Waals surface area contributed by atoms with Crippen molar-refractivity contribution in [1.29, 1.82) is 0 Å². The zero-order valence-electron chi connectivity index (χ0n) is 18.3. The number of thioether (sulfide) groups is 1. The number of hydrogen-bond acceptors (Lipinski definition) is 8. The number of nitro groups is 1. The monoisotopic (exact) mass is 482 g/mol. The Kier molecular flexibility index (Phi) is 9.56. The number of rotatable bonds is 12. The fourth-order valence-corrected chi connectivity index (χ4v) is 4.71. The molecule has 0 aliphatic rings. The third kappa shape index (κ3) is 8.18. The van der Waals surface area contributed by atoms with E-state index in [1.165, 1.54) is 31.2 Å². The molecule has 2 atom stereocenters. The van der Waals surface area contributed by atoms with Crippen molar-refractivity contribution < 1.29 is 28.1 Å². The largest absolute Gasteiger partial charge is 0.513 e. The van der Waals surface area contributed by atoms with Gasteiger partial charge in [0.1, 0.15) is 17.5 Å². The minimum Gasteiger partial charge on any atom is -0.462 e. The fourth-order valence-electron chi connectivity index (χ4n) is 2.42. The van der Waals surface area contributed by atoms with Gasteiger partial charge in [0.05, 0.1) is 11.0 Å². The van der Waals surface area contributed by atoms with Crippen LogP contribution < -0.4 is 14.1 Å². The molecule has 9 nitrogen and oxygen atoms in total. The summed E-state index contributed by atoms with van der Waals surface area (Å²) < 4.78 is 29.9. The highest BCUT2D eigenvalue weighted by molar-refractivity contribution is 7.99. The van der Waals surface area contributed by atoms with Gasteiger partial charge in [-0.1, -0.05) is 6.92 Å². The van der Waals surface area contributed by atoms with E-state index in [0.29, 0.717) is 0 Å². The van der Waals surface area contributed by atoms with Crippen LogP contribution in [-0.2, 0) is 14.1 Å². The highest BCUT2D eigenvalue weighted by Crippen LogP contribution is 2.45. The van der Waals surface area contributed by atoms with E-state index in [2.05, 4.69) is 12.0 Å². The van der Waals surface area contributed by atoms with Gasteiger partial charge in [-0.15, -0.1) is 11.8 Å². The second kappa shape index (κ2) is 11.9. The van der Waals surface area contributed by atoms with Crippen LogP contribution in [0.25, 0.3) is 0 Å². The van der Waals surface area contributed by atoms with Gasteiger partial charge in [0, 0.05) is 17.0 Å². The summed E-state index contributed by atoms with van der Waals surface area (Å²) in [5.74, 6) is 0.695. The summed E-state index contributed by atoms with van der Waals surface area (Å²) in [5, 5.41) is 13.4. The number of non-ortho nitro benzene ring substituents is 1. The molecule has 32 heavy (non-hydrogen) atoms. The van der Waals surface area contributed by atoms with Crippen molar-refractivity contribution in [1.82, 2.24) is 5.09 Å². The van der Waals surface area contributed by atoms with Crippen molar-refractivity contribution in [2.45, 2.75) is 51.2 Å². The molecule has 1 unspecified atom stereocenters. The lowest BCUT2D eigenvalue weighted by Crippen LogP contribution is -2.36. The minimum atomic E-state index is -4.12. The van der Waals surface area contributed by atoms with Gasteiger partial charge in [0.2, 0.25) is 0 Å². The summed E-state index contributed by atoms with van der Waals surface area (Å²) in [7, 11) is -4.12. The number of esters is 1. The molecular weight excluding hydrogens is 455 g/mol. The smallest absolute Gasteiger partial charge is 0.462 e. The Morgan fingerprint density at radius 2 is 1.59 bits per heavy atom. The molecule has 2 rings (SSSR count). The van der Waals surface area contributed by atoms with Crippen molar-refractivity contribution >= 4 is 31.2 Å². The molecule has 0 aromatic heterocycles. The number of ether oxygens (including phenoxy) is 1. The van der Waals surface area contributed by atoms with Gasteiger partial charge in [-0.2, -0.15) is 5.09 Å². The Balaban J connectivity index is 2.23. The second-order valence-corrected chi connectivity index (χ2v) is 9.87. The van der Waals surface area contributed by atoms with Gasteiger partial charge in [-0.05, 0) is 69.3 Å². The van der Waals surface area contributed by atoms with E-state index in [9.17, 15) is 19.5 Å². The number of nitrogens with zero attached hydrogens (tertiary/aromatic N) is 1.